The summed E-state index contributed by atoms with van der Waals surface area (Å²) < 4.78 is 27.3. The smallest absolute Gasteiger partial charge is 0.183 e. The lowest BCUT2D eigenvalue weighted by molar-refractivity contribution is -0.183. The number of benzene rings is 3. The van der Waals surface area contributed by atoms with E-state index in [2.05, 4.69) is 48.5 Å². The minimum absolute atomic E-state index is 0.118. The third kappa shape index (κ3) is 3.37. The van der Waals surface area contributed by atoms with E-state index in [0.29, 0.717) is 29.3 Å². The van der Waals surface area contributed by atoms with Gasteiger partial charge < -0.3 is 9.47 Å². The molecule has 156 valence electrons. The van der Waals surface area contributed by atoms with Crippen molar-refractivity contribution in [3.8, 4) is 10.6 Å². The van der Waals surface area contributed by atoms with Crippen LogP contribution in [0.2, 0.25) is 0 Å². The Morgan fingerprint density at radius 2 is 1.71 bits per heavy atom. The van der Waals surface area contributed by atoms with E-state index in [4.69, 9.17) is 14.5 Å². The van der Waals surface area contributed by atoms with Crippen molar-refractivity contribution in [3.05, 3.63) is 89.2 Å². The predicted molar refractivity (Wildman–Crippen MR) is 121 cm³/mol. The fraction of sp³-hybridized carbons (Fsp3) is 0.269. The Labute approximate surface area is 184 Å². The normalized spacial score (nSPS) is 18.4. The lowest BCUT2D eigenvalue weighted by Crippen LogP contribution is -2.17. The highest BCUT2D eigenvalue weighted by atomic mass is 32.1. The number of hydrogen-bond acceptors (Lipinski definition) is 4. The highest BCUT2D eigenvalue weighted by Gasteiger charge is 2.45. The molecule has 0 radical (unpaired) electrons. The summed E-state index contributed by atoms with van der Waals surface area (Å²) in [5.41, 5.74) is 4.95. The maximum atomic E-state index is 15.0. The largest absolute Gasteiger partial charge is 0.348 e. The van der Waals surface area contributed by atoms with Gasteiger partial charge in [-0.25, -0.2) is 9.37 Å². The fourth-order valence-corrected chi connectivity index (χ4v) is 5.53. The number of hydrogen-bond donors (Lipinski definition) is 0. The minimum Gasteiger partial charge on any atom is -0.348 e. The average molecular weight is 432 g/mol. The maximum Gasteiger partial charge on any atom is 0.183 e. The molecule has 2 aliphatic rings. The third-order valence-electron chi connectivity index (χ3n) is 6.34. The first-order valence-corrected chi connectivity index (χ1v) is 11.5. The molecule has 4 aromatic rings. The highest BCUT2D eigenvalue weighted by Crippen LogP contribution is 2.54. The Bertz CT molecular complexity index is 1240. The molecule has 31 heavy (non-hydrogen) atoms. The molecule has 6 rings (SSSR count). The number of rotatable bonds is 4. The first kappa shape index (κ1) is 19.1. The highest BCUT2D eigenvalue weighted by molar-refractivity contribution is 7.21. The molecular formula is C26H22FNO2S. The maximum absolute atomic E-state index is 15.0. The van der Waals surface area contributed by atoms with Gasteiger partial charge >= 0.3 is 0 Å². The van der Waals surface area contributed by atoms with Crippen molar-refractivity contribution in [3.63, 3.8) is 0 Å². The zero-order chi connectivity index (χ0) is 20.8. The van der Waals surface area contributed by atoms with Crippen LogP contribution in [0.5, 0.6) is 0 Å². The predicted octanol–water partition coefficient (Wildman–Crippen LogP) is 6.62. The lowest BCUT2D eigenvalue weighted by atomic mass is 9.88. The van der Waals surface area contributed by atoms with Crippen molar-refractivity contribution in [2.24, 2.45) is 0 Å². The Morgan fingerprint density at radius 3 is 2.45 bits per heavy atom. The molecule has 1 aromatic heterocycles. The molecule has 1 aliphatic heterocycles. The van der Waals surface area contributed by atoms with Crippen LogP contribution in [0.4, 0.5) is 4.39 Å². The number of aromatic nitrogens is 1. The van der Waals surface area contributed by atoms with E-state index in [9.17, 15) is 4.39 Å². The van der Waals surface area contributed by atoms with E-state index < -0.39 is 6.29 Å². The van der Waals surface area contributed by atoms with Gasteiger partial charge in [-0.15, -0.1) is 11.3 Å². The molecule has 0 bridgehead atoms. The Kier molecular flexibility index (Phi) is 4.64. The zero-order valence-electron chi connectivity index (χ0n) is 17.0. The molecule has 0 spiro atoms. The van der Waals surface area contributed by atoms with Crippen molar-refractivity contribution in [2.45, 2.75) is 31.0 Å². The summed E-state index contributed by atoms with van der Waals surface area (Å²) in [7, 11) is 0. The number of halogens is 1. The van der Waals surface area contributed by atoms with E-state index in [1.54, 1.807) is 17.4 Å². The second-order valence-corrected chi connectivity index (χ2v) is 9.35. The van der Waals surface area contributed by atoms with Gasteiger partial charge in [-0.2, -0.15) is 0 Å². The monoisotopic (exact) mass is 431 g/mol. The summed E-state index contributed by atoms with van der Waals surface area (Å²) in [5, 5.41) is 0.700. The van der Waals surface area contributed by atoms with Crippen molar-refractivity contribution in [1.82, 2.24) is 4.98 Å². The minimum atomic E-state index is -0.483. The van der Waals surface area contributed by atoms with Crippen LogP contribution in [0.1, 0.15) is 42.2 Å². The molecular weight excluding hydrogens is 409 g/mol. The first-order valence-electron chi connectivity index (χ1n) is 10.7. The molecule has 0 amide bonds. The Morgan fingerprint density at radius 1 is 0.903 bits per heavy atom. The number of nitrogens with zero attached hydrogens (tertiary/aromatic N) is 1. The van der Waals surface area contributed by atoms with Gasteiger partial charge in [-0.05, 0) is 54.7 Å². The second kappa shape index (κ2) is 7.52. The van der Waals surface area contributed by atoms with Crippen LogP contribution in [0.3, 0.4) is 0 Å². The van der Waals surface area contributed by atoms with Crippen LogP contribution in [0, 0.1) is 5.82 Å². The van der Waals surface area contributed by atoms with E-state index >= 15 is 0 Å². The van der Waals surface area contributed by atoms with Gasteiger partial charge in [0.05, 0.1) is 23.4 Å². The quantitative estimate of drug-likeness (QED) is 0.364. The summed E-state index contributed by atoms with van der Waals surface area (Å²) >= 11 is 1.55. The summed E-state index contributed by atoms with van der Waals surface area (Å²) in [6.07, 6.45) is 2.71. The van der Waals surface area contributed by atoms with Crippen molar-refractivity contribution in [2.75, 3.05) is 13.2 Å². The summed E-state index contributed by atoms with van der Waals surface area (Å²) in [4.78, 5) is 4.72. The van der Waals surface area contributed by atoms with Gasteiger partial charge in [0.1, 0.15) is 10.8 Å². The molecule has 0 N–H and O–H groups in total. The lowest BCUT2D eigenvalue weighted by Gasteiger charge is -2.23. The number of fused-ring (bicyclic) bond motifs is 1. The number of ether oxygens (including phenoxy) is 2. The van der Waals surface area contributed by atoms with Gasteiger partial charge in [-0.1, -0.05) is 42.5 Å². The van der Waals surface area contributed by atoms with Gasteiger partial charge in [-0.3, -0.25) is 0 Å². The van der Waals surface area contributed by atoms with E-state index in [1.807, 2.05) is 6.07 Å². The molecule has 5 heteroatoms. The molecule has 2 fully saturated rings. The topological polar surface area (TPSA) is 31.4 Å². The van der Waals surface area contributed by atoms with Crippen LogP contribution < -0.4 is 0 Å². The molecule has 3 nitrogen and oxygen atoms in total. The van der Waals surface area contributed by atoms with Crippen LogP contribution in [0.25, 0.3) is 20.8 Å². The van der Waals surface area contributed by atoms with E-state index in [0.717, 1.165) is 29.5 Å². The van der Waals surface area contributed by atoms with Gasteiger partial charge in [0.2, 0.25) is 0 Å². The van der Waals surface area contributed by atoms with E-state index in [-0.39, 0.29) is 11.2 Å². The molecule has 3 aromatic carbocycles. The van der Waals surface area contributed by atoms with E-state index in [1.165, 1.54) is 17.2 Å². The molecule has 1 aliphatic carbocycles. The Hall–Kier alpha value is -2.60. The van der Waals surface area contributed by atoms with Crippen molar-refractivity contribution < 1.29 is 13.9 Å². The molecule has 1 saturated heterocycles. The molecule has 2 heterocycles. The molecule has 1 saturated carbocycles. The second-order valence-electron chi connectivity index (χ2n) is 8.32. The molecule has 0 atom stereocenters. The van der Waals surface area contributed by atoms with Crippen LogP contribution >= 0.6 is 11.3 Å². The average Bonchev–Trinajstić information content (AvgIpc) is 3.53. The molecule has 0 unspecified atom stereocenters. The summed E-state index contributed by atoms with van der Waals surface area (Å²) in [5.74, 6) is -0.294. The SMILES string of the molecule is Fc1cc(C2OCCCO2)ccc1-c1nc2ccc(C3(c4ccccc4)CC3)cc2s1. The standard InChI is InChI=1S/C26H22FNO2S/c27-21-15-17(25-29-13-4-14-30-25)7-9-20(21)24-28-22-10-8-19(16-23(22)31-24)26(11-12-26)18-5-2-1-3-6-18/h1-3,5-10,15-16,25H,4,11-14H2. The van der Waals surface area contributed by atoms with Crippen LogP contribution in [-0.2, 0) is 14.9 Å². The first-order chi connectivity index (χ1) is 15.2. The van der Waals surface area contributed by atoms with Gasteiger partial charge in [0.15, 0.2) is 6.29 Å². The zero-order valence-corrected chi connectivity index (χ0v) is 17.8. The Balaban J connectivity index is 1.33. The van der Waals surface area contributed by atoms with Crippen LogP contribution in [0.15, 0.2) is 66.7 Å². The third-order valence-corrected chi connectivity index (χ3v) is 7.39. The number of thiazole rings is 1. The van der Waals surface area contributed by atoms with Crippen molar-refractivity contribution >= 4 is 21.6 Å². The summed E-state index contributed by atoms with van der Waals surface area (Å²) in [6, 6.07) is 22.4. The fourth-order valence-electron chi connectivity index (χ4n) is 4.50. The summed E-state index contributed by atoms with van der Waals surface area (Å²) in [6.45, 7) is 1.28. The van der Waals surface area contributed by atoms with Gasteiger partial charge in [0.25, 0.3) is 0 Å². The van der Waals surface area contributed by atoms with Crippen LogP contribution in [-0.4, -0.2) is 18.2 Å². The van der Waals surface area contributed by atoms with Crippen molar-refractivity contribution in [1.29, 1.82) is 0 Å². The van der Waals surface area contributed by atoms with Gasteiger partial charge in [0, 0.05) is 16.5 Å².